The number of amides is 1. The zero-order valence-electron chi connectivity index (χ0n) is 12.7. The van der Waals surface area contributed by atoms with Gasteiger partial charge in [-0.1, -0.05) is 20.3 Å². The van der Waals surface area contributed by atoms with Crippen LogP contribution in [0.5, 0.6) is 0 Å². The number of aromatic nitrogens is 2. The summed E-state index contributed by atoms with van der Waals surface area (Å²) in [6, 6.07) is 0. The van der Waals surface area contributed by atoms with E-state index >= 15 is 0 Å². The summed E-state index contributed by atoms with van der Waals surface area (Å²) < 4.78 is 2.20. The van der Waals surface area contributed by atoms with E-state index in [0.717, 1.165) is 38.1 Å². The van der Waals surface area contributed by atoms with Gasteiger partial charge in [0.15, 0.2) is 0 Å². The average molecular weight is 278 g/mol. The first kappa shape index (κ1) is 15.0. The first-order valence-electron chi connectivity index (χ1n) is 7.51. The number of likely N-dealkylation sites (N-methyl/N-ethyl adjacent to an activating group) is 1. The molecular formula is C15H26N4O. The predicted octanol–water partition coefficient (Wildman–Crippen LogP) is 1.64. The van der Waals surface area contributed by atoms with Crippen LogP contribution in [-0.4, -0.2) is 28.0 Å². The van der Waals surface area contributed by atoms with Gasteiger partial charge in [0, 0.05) is 24.9 Å². The highest BCUT2D eigenvalue weighted by Gasteiger charge is 2.46. The van der Waals surface area contributed by atoms with Gasteiger partial charge in [-0.15, -0.1) is 0 Å². The van der Waals surface area contributed by atoms with Crippen LogP contribution in [0.2, 0.25) is 0 Å². The van der Waals surface area contributed by atoms with Crippen LogP contribution in [0, 0.1) is 5.92 Å². The molecule has 1 heterocycles. The Morgan fingerprint density at radius 1 is 1.65 bits per heavy atom. The minimum absolute atomic E-state index is 0.211. The Kier molecular flexibility index (Phi) is 4.48. The van der Waals surface area contributed by atoms with Crippen molar-refractivity contribution in [2.24, 2.45) is 11.7 Å². The third kappa shape index (κ3) is 2.59. The molecule has 1 aliphatic rings. The van der Waals surface area contributed by atoms with Crippen LogP contribution in [0.15, 0.2) is 12.4 Å². The SMILES string of the molecule is CNC1(C(N)=O)CCCC1CCn1ccnc1C(C)C. The lowest BCUT2D eigenvalue weighted by Crippen LogP contribution is -2.56. The van der Waals surface area contributed by atoms with Crippen LogP contribution in [0.3, 0.4) is 0 Å². The van der Waals surface area contributed by atoms with Crippen molar-refractivity contribution in [2.75, 3.05) is 7.05 Å². The molecule has 0 saturated heterocycles. The fourth-order valence-electron chi connectivity index (χ4n) is 3.55. The Morgan fingerprint density at radius 3 is 3.00 bits per heavy atom. The molecule has 0 aromatic carbocycles. The Balaban J connectivity index is 2.06. The molecule has 2 atom stereocenters. The Hall–Kier alpha value is -1.36. The van der Waals surface area contributed by atoms with E-state index in [1.54, 1.807) is 0 Å². The third-order valence-electron chi connectivity index (χ3n) is 4.69. The molecule has 0 aliphatic heterocycles. The van der Waals surface area contributed by atoms with E-state index in [2.05, 4.69) is 28.7 Å². The van der Waals surface area contributed by atoms with Gasteiger partial charge in [-0.25, -0.2) is 4.98 Å². The van der Waals surface area contributed by atoms with Crippen molar-refractivity contribution >= 4 is 5.91 Å². The molecule has 0 bridgehead atoms. The number of nitrogens with zero attached hydrogens (tertiary/aromatic N) is 2. The van der Waals surface area contributed by atoms with E-state index in [1.165, 1.54) is 0 Å². The summed E-state index contributed by atoms with van der Waals surface area (Å²) >= 11 is 0. The molecule has 2 unspecified atom stereocenters. The lowest BCUT2D eigenvalue weighted by molar-refractivity contribution is -0.125. The van der Waals surface area contributed by atoms with Crippen LogP contribution in [0.1, 0.15) is 51.3 Å². The van der Waals surface area contributed by atoms with Crippen molar-refractivity contribution in [2.45, 2.75) is 57.5 Å². The van der Waals surface area contributed by atoms with Crippen molar-refractivity contribution in [1.82, 2.24) is 14.9 Å². The van der Waals surface area contributed by atoms with Gasteiger partial charge in [-0.05, 0) is 32.2 Å². The molecule has 112 valence electrons. The molecule has 1 fully saturated rings. The smallest absolute Gasteiger partial charge is 0.238 e. The average Bonchev–Trinajstić information content (AvgIpc) is 3.03. The molecule has 1 amide bonds. The molecule has 1 aromatic rings. The second-order valence-electron chi connectivity index (χ2n) is 6.10. The molecule has 1 aromatic heterocycles. The zero-order valence-corrected chi connectivity index (χ0v) is 12.7. The summed E-state index contributed by atoms with van der Waals surface area (Å²) in [6.45, 7) is 5.19. The van der Waals surface area contributed by atoms with Crippen LogP contribution < -0.4 is 11.1 Å². The largest absolute Gasteiger partial charge is 0.368 e. The lowest BCUT2D eigenvalue weighted by atomic mass is 9.84. The predicted molar refractivity (Wildman–Crippen MR) is 79.3 cm³/mol. The molecule has 0 spiro atoms. The summed E-state index contributed by atoms with van der Waals surface area (Å²) in [7, 11) is 1.85. The number of carbonyl (C=O) groups excluding carboxylic acids is 1. The number of rotatable bonds is 6. The topological polar surface area (TPSA) is 72.9 Å². The summed E-state index contributed by atoms with van der Waals surface area (Å²) in [6.07, 6.45) is 7.81. The first-order chi connectivity index (χ1) is 9.51. The summed E-state index contributed by atoms with van der Waals surface area (Å²) in [5.41, 5.74) is 5.12. The Morgan fingerprint density at radius 2 is 2.40 bits per heavy atom. The summed E-state index contributed by atoms with van der Waals surface area (Å²) in [4.78, 5) is 16.3. The van der Waals surface area contributed by atoms with Crippen molar-refractivity contribution in [3.05, 3.63) is 18.2 Å². The van der Waals surface area contributed by atoms with Gasteiger partial charge in [0.1, 0.15) is 11.4 Å². The van der Waals surface area contributed by atoms with Crippen LogP contribution in [-0.2, 0) is 11.3 Å². The fraction of sp³-hybridized carbons (Fsp3) is 0.733. The second kappa shape index (κ2) is 5.95. The van der Waals surface area contributed by atoms with E-state index in [9.17, 15) is 4.79 Å². The van der Waals surface area contributed by atoms with Crippen molar-refractivity contribution in [1.29, 1.82) is 0 Å². The third-order valence-corrected chi connectivity index (χ3v) is 4.69. The maximum Gasteiger partial charge on any atom is 0.238 e. The van der Waals surface area contributed by atoms with Gasteiger partial charge in [-0.2, -0.15) is 0 Å². The number of hydrogen-bond acceptors (Lipinski definition) is 3. The quantitative estimate of drug-likeness (QED) is 0.831. The number of imidazole rings is 1. The molecular weight excluding hydrogens is 252 g/mol. The highest BCUT2D eigenvalue weighted by molar-refractivity contribution is 5.85. The maximum absolute atomic E-state index is 11.8. The van der Waals surface area contributed by atoms with E-state index in [0.29, 0.717) is 11.8 Å². The van der Waals surface area contributed by atoms with Crippen molar-refractivity contribution in [3.63, 3.8) is 0 Å². The first-order valence-corrected chi connectivity index (χ1v) is 7.51. The van der Waals surface area contributed by atoms with Gasteiger partial charge in [0.2, 0.25) is 5.91 Å². The van der Waals surface area contributed by atoms with Crippen molar-refractivity contribution < 1.29 is 4.79 Å². The molecule has 0 radical (unpaired) electrons. The second-order valence-corrected chi connectivity index (χ2v) is 6.10. The molecule has 1 aliphatic carbocycles. The van der Waals surface area contributed by atoms with Gasteiger partial charge in [0.25, 0.3) is 0 Å². The number of hydrogen-bond donors (Lipinski definition) is 2. The molecule has 5 heteroatoms. The van der Waals surface area contributed by atoms with Gasteiger partial charge < -0.3 is 15.6 Å². The Labute approximate surface area is 120 Å². The molecule has 1 saturated carbocycles. The van der Waals surface area contributed by atoms with Crippen LogP contribution in [0.25, 0.3) is 0 Å². The van der Waals surface area contributed by atoms with E-state index in [1.807, 2.05) is 19.4 Å². The van der Waals surface area contributed by atoms with Crippen LogP contribution >= 0.6 is 0 Å². The minimum atomic E-state index is -0.515. The molecule has 5 nitrogen and oxygen atoms in total. The number of nitrogens with one attached hydrogen (secondary N) is 1. The number of nitrogens with two attached hydrogens (primary N) is 1. The number of primary amides is 1. The normalized spacial score (nSPS) is 26.3. The number of aryl methyl sites for hydroxylation is 1. The maximum atomic E-state index is 11.8. The summed E-state index contributed by atoms with van der Waals surface area (Å²) in [5.74, 6) is 1.63. The van der Waals surface area contributed by atoms with E-state index in [-0.39, 0.29) is 5.91 Å². The van der Waals surface area contributed by atoms with Crippen LogP contribution in [0.4, 0.5) is 0 Å². The Bertz CT molecular complexity index is 468. The highest BCUT2D eigenvalue weighted by Crippen LogP contribution is 2.38. The van der Waals surface area contributed by atoms with E-state index in [4.69, 9.17) is 5.73 Å². The molecule has 20 heavy (non-hydrogen) atoms. The molecule has 2 rings (SSSR count). The molecule has 3 N–H and O–H groups in total. The van der Waals surface area contributed by atoms with E-state index < -0.39 is 5.54 Å². The van der Waals surface area contributed by atoms with Crippen molar-refractivity contribution in [3.8, 4) is 0 Å². The van der Waals surface area contributed by atoms with Gasteiger partial charge in [0.05, 0.1) is 0 Å². The highest BCUT2D eigenvalue weighted by atomic mass is 16.1. The standard InChI is InChI=1S/C15H26N4O/c1-11(2)13-18-8-10-19(13)9-6-12-5-4-7-15(12,17-3)14(16)20/h8,10-12,17H,4-7,9H2,1-3H3,(H2,16,20). The number of carbonyl (C=O) groups is 1. The van der Waals surface area contributed by atoms with Gasteiger partial charge in [-0.3, -0.25) is 4.79 Å². The fourth-order valence-corrected chi connectivity index (χ4v) is 3.55. The zero-order chi connectivity index (χ0) is 14.8. The summed E-state index contributed by atoms with van der Waals surface area (Å²) in [5, 5.41) is 3.20. The lowest BCUT2D eigenvalue weighted by Gasteiger charge is -2.32. The van der Waals surface area contributed by atoms with Gasteiger partial charge >= 0.3 is 0 Å². The minimum Gasteiger partial charge on any atom is -0.368 e. The monoisotopic (exact) mass is 278 g/mol.